The predicted octanol–water partition coefficient (Wildman–Crippen LogP) is 7.31. The molecule has 42 heavy (non-hydrogen) atoms. The third kappa shape index (κ3) is 5.66. The molecule has 0 radical (unpaired) electrons. The Kier molecular flexibility index (Phi) is 8.68. The number of fused-ring (bicyclic) bond motifs is 2. The molecule has 4 aromatic rings. The van der Waals surface area contributed by atoms with Crippen LogP contribution < -0.4 is 19.8 Å². The molecule has 0 fully saturated rings. The normalized spacial score (nSPS) is 14.4. The van der Waals surface area contributed by atoms with Crippen LogP contribution in [0.15, 0.2) is 74.3 Å². The number of benzene rings is 3. The van der Waals surface area contributed by atoms with Crippen LogP contribution in [0.1, 0.15) is 71.7 Å². The van der Waals surface area contributed by atoms with Gasteiger partial charge in [0, 0.05) is 10.2 Å². The number of rotatable bonds is 10. The van der Waals surface area contributed by atoms with Gasteiger partial charge >= 0.3 is 5.97 Å². The summed E-state index contributed by atoms with van der Waals surface area (Å²) in [5.41, 5.74) is 1.74. The van der Waals surface area contributed by atoms with E-state index in [1.807, 2.05) is 13.0 Å². The lowest BCUT2D eigenvalue weighted by Gasteiger charge is -2.26. The molecule has 0 spiro atoms. The summed E-state index contributed by atoms with van der Waals surface area (Å²) in [5.74, 6) is 0.432. The quantitative estimate of drug-likeness (QED) is 0.133. The first-order valence-corrected chi connectivity index (χ1v) is 14.7. The molecule has 1 aromatic heterocycles. The highest BCUT2D eigenvalue weighted by atomic mass is 79.9. The van der Waals surface area contributed by atoms with E-state index < -0.39 is 17.9 Å². The molecule has 218 valence electrons. The number of anilines is 1. The Morgan fingerprint density at radius 1 is 1.02 bits per heavy atom. The molecular formula is C33H32BrNO7. The lowest BCUT2D eigenvalue weighted by Crippen LogP contribution is -2.29. The Morgan fingerprint density at radius 3 is 2.48 bits per heavy atom. The maximum absolute atomic E-state index is 14.0. The summed E-state index contributed by atoms with van der Waals surface area (Å²) >= 11 is 3.43. The molecule has 1 aliphatic heterocycles. The largest absolute Gasteiger partial charge is 0.493 e. The van der Waals surface area contributed by atoms with Crippen molar-refractivity contribution in [2.45, 2.75) is 39.7 Å². The van der Waals surface area contributed by atoms with Gasteiger partial charge in [-0.15, -0.1) is 0 Å². The van der Waals surface area contributed by atoms with Crippen LogP contribution >= 0.6 is 15.9 Å². The summed E-state index contributed by atoms with van der Waals surface area (Å²) < 4.78 is 23.7. The molecule has 2 heterocycles. The van der Waals surface area contributed by atoms with Crippen LogP contribution in [0.2, 0.25) is 0 Å². The first-order chi connectivity index (χ1) is 20.2. The fourth-order valence-corrected chi connectivity index (χ4v) is 5.27. The summed E-state index contributed by atoms with van der Waals surface area (Å²) in [4.78, 5) is 42.0. The van der Waals surface area contributed by atoms with Gasteiger partial charge in [-0.25, -0.2) is 4.79 Å². The van der Waals surface area contributed by atoms with Crippen molar-refractivity contribution in [3.05, 3.63) is 97.8 Å². The molecule has 0 N–H and O–H groups in total. The summed E-state index contributed by atoms with van der Waals surface area (Å²) in [7, 11) is 1.55. The van der Waals surface area contributed by atoms with E-state index in [9.17, 15) is 14.4 Å². The second-order valence-corrected chi connectivity index (χ2v) is 11.5. The zero-order valence-corrected chi connectivity index (χ0v) is 25.5. The van der Waals surface area contributed by atoms with E-state index in [0.29, 0.717) is 58.4 Å². The van der Waals surface area contributed by atoms with Crippen molar-refractivity contribution >= 4 is 44.5 Å². The molecular weight excluding hydrogens is 602 g/mol. The molecule has 9 heteroatoms. The number of hydrogen-bond acceptors (Lipinski definition) is 7. The van der Waals surface area contributed by atoms with Gasteiger partial charge in [-0.05, 0) is 72.5 Å². The van der Waals surface area contributed by atoms with Crippen LogP contribution in [0.3, 0.4) is 0 Å². The highest BCUT2D eigenvalue weighted by Crippen LogP contribution is 2.43. The van der Waals surface area contributed by atoms with E-state index in [1.54, 1.807) is 61.7 Å². The summed E-state index contributed by atoms with van der Waals surface area (Å²) in [6.07, 6.45) is 1.70. The maximum Gasteiger partial charge on any atom is 0.338 e. The Morgan fingerprint density at radius 2 is 1.79 bits per heavy atom. The molecule has 0 aliphatic carbocycles. The van der Waals surface area contributed by atoms with Crippen molar-refractivity contribution in [2.75, 3.05) is 25.2 Å². The van der Waals surface area contributed by atoms with Gasteiger partial charge in [0.05, 0.1) is 42.9 Å². The van der Waals surface area contributed by atoms with Gasteiger partial charge in [-0.3, -0.25) is 14.5 Å². The van der Waals surface area contributed by atoms with Gasteiger partial charge in [-0.1, -0.05) is 49.2 Å². The minimum Gasteiger partial charge on any atom is -0.493 e. The fourth-order valence-electron chi connectivity index (χ4n) is 4.91. The number of methoxy groups -OCH3 is 1. The minimum atomic E-state index is -0.817. The molecule has 5 rings (SSSR count). The number of esters is 1. The zero-order chi connectivity index (χ0) is 30.0. The van der Waals surface area contributed by atoms with E-state index in [0.717, 1.165) is 17.3 Å². The summed E-state index contributed by atoms with van der Waals surface area (Å²) in [5, 5.41) is 0.358. The Bertz CT molecular complexity index is 1690. The third-order valence-corrected chi connectivity index (χ3v) is 7.51. The summed E-state index contributed by atoms with van der Waals surface area (Å²) in [6.45, 7) is 6.97. The standard InChI is InChI=1S/C33H32BrNO7/c1-5-6-15-40-33(38)20-7-11-23(12-8-20)35-29(21-9-13-26(27(16-21)39-4)41-18-19(2)3)28-30(36)24-17-22(34)10-14-25(24)42-31(28)32(35)37/h7-14,16-17,19,29H,5-6,15,18H2,1-4H3. The number of halogens is 1. The van der Waals surface area contributed by atoms with Gasteiger partial charge < -0.3 is 18.6 Å². The molecule has 0 bridgehead atoms. The second kappa shape index (κ2) is 12.4. The smallest absolute Gasteiger partial charge is 0.338 e. The number of unbranched alkanes of at least 4 members (excludes halogenated alkanes) is 1. The number of hydrogen-bond donors (Lipinski definition) is 0. The highest BCUT2D eigenvalue weighted by Gasteiger charge is 2.44. The number of amides is 1. The van der Waals surface area contributed by atoms with Crippen LogP contribution in [0.4, 0.5) is 5.69 Å². The van der Waals surface area contributed by atoms with Crippen molar-refractivity contribution in [3.8, 4) is 11.5 Å². The van der Waals surface area contributed by atoms with E-state index in [4.69, 9.17) is 18.6 Å². The van der Waals surface area contributed by atoms with Gasteiger partial charge in [0.1, 0.15) is 5.58 Å². The highest BCUT2D eigenvalue weighted by molar-refractivity contribution is 9.10. The number of carbonyl (C=O) groups is 2. The van der Waals surface area contributed by atoms with Crippen LogP contribution in [0.5, 0.6) is 11.5 Å². The second-order valence-electron chi connectivity index (χ2n) is 10.5. The van der Waals surface area contributed by atoms with Gasteiger partial charge in [0.15, 0.2) is 16.9 Å². The monoisotopic (exact) mass is 633 g/mol. The molecule has 1 unspecified atom stereocenters. The van der Waals surface area contributed by atoms with E-state index >= 15 is 0 Å². The maximum atomic E-state index is 14.0. The number of nitrogens with zero attached hydrogens (tertiary/aromatic N) is 1. The molecule has 3 aromatic carbocycles. The number of carbonyl (C=O) groups excluding carboxylic acids is 2. The van der Waals surface area contributed by atoms with Gasteiger partial charge in [0.2, 0.25) is 5.76 Å². The van der Waals surface area contributed by atoms with E-state index in [1.165, 1.54) is 4.90 Å². The van der Waals surface area contributed by atoms with Gasteiger partial charge in [0.25, 0.3) is 5.91 Å². The van der Waals surface area contributed by atoms with Crippen LogP contribution in [0.25, 0.3) is 11.0 Å². The minimum absolute atomic E-state index is 0.0259. The molecule has 0 saturated carbocycles. The Labute approximate surface area is 252 Å². The zero-order valence-electron chi connectivity index (χ0n) is 23.9. The van der Waals surface area contributed by atoms with Crippen molar-refractivity contribution in [2.24, 2.45) is 5.92 Å². The summed E-state index contributed by atoms with van der Waals surface area (Å²) in [6, 6.07) is 16.2. The van der Waals surface area contributed by atoms with Crippen molar-refractivity contribution in [1.29, 1.82) is 0 Å². The van der Waals surface area contributed by atoms with Crippen LogP contribution in [-0.2, 0) is 4.74 Å². The van der Waals surface area contributed by atoms with Crippen molar-refractivity contribution < 1.29 is 28.2 Å². The molecule has 1 aliphatic rings. The van der Waals surface area contributed by atoms with Crippen molar-refractivity contribution in [3.63, 3.8) is 0 Å². The molecule has 1 amide bonds. The lowest BCUT2D eigenvalue weighted by molar-refractivity contribution is 0.0499. The van der Waals surface area contributed by atoms with E-state index in [-0.39, 0.29) is 16.8 Å². The number of ether oxygens (including phenoxy) is 3. The van der Waals surface area contributed by atoms with Gasteiger partial charge in [-0.2, -0.15) is 0 Å². The fraction of sp³-hybridized carbons (Fsp3) is 0.303. The topological polar surface area (TPSA) is 95.3 Å². The Hall–Kier alpha value is -4.11. The van der Waals surface area contributed by atoms with Crippen LogP contribution in [0, 0.1) is 5.92 Å². The molecule has 0 saturated heterocycles. The lowest BCUT2D eigenvalue weighted by atomic mass is 9.97. The predicted molar refractivity (Wildman–Crippen MR) is 164 cm³/mol. The van der Waals surface area contributed by atoms with E-state index in [2.05, 4.69) is 29.8 Å². The molecule has 1 atom stereocenters. The third-order valence-electron chi connectivity index (χ3n) is 7.02. The average Bonchev–Trinajstić information content (AvgIpc) is 3.28. The SMILES string of the molecule is CCCCOC(=O)c1ccc(N2C(=O)c3oc4ccc(Br)cc4c(=O)c3C2c2ccc(OCC(C)C)c(OC)c2)cc1. The first-order valence-electron chi connectivity index (χ1n) is 13.9. The van der Waals surface area contributed by atoms with Crippen molar-refractivity contribution in [1.82, 2.24) is 0 Å². The first kappa shape index (κ1) is 29.4. The Balaban J connectivity index is 1.62. The molecule has 8 nitrogen and oxygen atoms in total. The van der Waals surface area contributed by atoms with Crippen LogP contribution in [-0.4, -0.2) is 32.2 Å². The average molecular weight is 635 g/mol.